The van der Waals surface area contributed by atoms with Crippen LogP contribution in [-0.2, 0) is 5.60 Å². The van der Waals surface area contributed by atoms with E-state index in [2.05, 4.69) is 9.89 Å². The van der Waals surface area contributed by atoms with Crippen molar-refractivity contribution < 1.29 is 5.11 Å². The van der Waals surface area contributed by atoms with Gasteiger partial charge in [-0.3, -0.25) is 0 Å². The number of guanidine groups is 1. The van der Waals surface area contributed by atoms with Crippen molar-refractivity contribution in [2.24, 2.45) is 10.7 Å². The number of aliphatic imine (C=N–C) groups is 1. The molecule has 0 aromatic heterocycles. The summed E-state index contributed by atoms with van der Waals surface area (Å²) in [6.07, 6.45) is 0. The fourth-order valence-electron chi connectivity index (χ4n) is 2.11. The van der Waals surface area contributed by atoms with Crippen LogP contribution in [0.2, 0.25) is 5.02 Å². The number of nitrogens with two attached hydrogens (primary N) is 1. The lowest BCUT2D eigenvalue weighted by atomic mass is 9.96. The summed E-state index contributed by atoms with van der Waals surface area (Å²) in [6, 6.07) is 7.27. The molecule has 0 saturated carbocycles. The van der Waals surface area contributed by atoms with Crippen LogP contribution in [0.4, 0.5) is 0 Å². The second kappa shape index (κ2) is 6.70. The summed E-state index contributed by atoms with van der Waals surface area (Å²) in [4.78, 5) is 6.39. The lowest BCUT2D eigenvalue weighted by Crippen LogP contribution is -2.43. The summed E-state index contributed by atoms with van der Waals surface area (Å²) in [6.45, 7) is 3.73. The minimum Gasteiger partial charge on any atom is -0.383 e. The highest BCUT2D eigenvalue weighted by Gasteiger charge is 2.25. The van der Waals surface area contributed by atoms with E-state index in [-0.39, 0.29) is 6.54 Å². The van der Waals surface area contributed by atoms with Gasteiger partial charge in [0.25, 0.3) is 0 Å². The van der Waals surface area contributed by atoms with Crippen molar-refractivity contribution in [2.45, 2.75) is 12.5 Å². The molecule has 20 heavy (non-hydrogen) atoms. The minimum absolute atomic E-state index is 0.201. The second-order valence-corrected chi connectivity index (χ2v) is 6.66. The van der Waals surface area contributed by atoms with Crippen LogP contribution < -0.4 is 5.73 Å². The zero-order valence-electron chi connectivity index (χ0n) is 11.6. The summed E-state index contributed by atoms with van der Waals surface area (Å²) >= 11 is 8.04. The van der Waals surface area contributed by atoms with Crippen molar-refractivity contribution in [3.63, 3.8) is 0 Å². The standard InChI is InChI=1S/C14H20ClN3OS/c1-14(19,11-4-2-3-5-12(11)15)10-17-13(16)18-6-8-20-9-7-18/h2-5,19H,6-10H2,1H3,(H2,16,17). The molecule has 3 N–H and O–H groups in total. The molecule has 1 fully saturated rings. The third-order valence-electron chi connectivity index (χ3n) is 3.34. The maximum absolute atomic E-state index is 10.5. The first-order valence-electron chi connectivity index (χ1n) is 6.61. The SMILES string of the molecule is CC(O)(CN=C(N)N1CCSCC1)c1ccccc1Cl. The first-order chi connectivity index (χ1) is 9.50. The maximum Gasteiger partial charge on any atom is 0.191 e. The van der Waals surface area contributed by atoms with Gasteiger partial charge in [-0.2, -0.15) is 11.8 Å². The summed E-state index contributed by atoms with van der Waals surface area (Å²) in [7, 11) is 0. The van der Waals surface area contributed by atoms with E-state index in [1.807, 2.05) is 30.0 Å². The molecule has 0 radical (unpaired) electrons. The molecule has 1 aromatic carbocycles. The van der Waals surface area contributed by atoms with Gasteiger partial charge < -0.3 is 15.7 Å². The molecule has 0 bridgehead atoms. The third kappa shape index (κ3) is 3.81. The van der Waals surface area contributed by atoms with Crippen LogP contribution in [0.15, 0.2) is 29.3 Å². The van der Waals surface area contributed by atoms with Crippen LogP contribution in [0.3, 0.4) is 0 Å². The quantitative estimate of drug-likeness (QED) is 0.661. The molecule has 0 aliphatic carbocycles. The molecule has 1 heterocycles. The van der Waals surface area contributed by atoms with Crippen molar-refractivity contribution in [3.05, 3.63) is 34.9 Å². The van der Waals surface area contributed by atoms with E-state index >= 15 is 0 Å². The fourth-order valence-corrected chi connectivity index (χ4v) is 3.35. The Morgan fingerprint density at radius 1 is 1.45 bits per heavy atom. The maximum atomic E-state index is 10.5. The topological polar surface area (TPSA) is 61.9 Å². The van der Waals surface area contributed by atoms with E-state index in [9.17, 15) is 5.11 Å². The van der Waals surface area contributed by atoms with Crippen molar-refractivity contribution in [1.29, 1.82) is 0 Å². The molecule has 1 unspecified atom stereocenters. The molecule has 1 atom stereocenters. The first-order valence-corrected chi connectivity index (χ1v) is 8.14. The smallest absolute Gasteiger partial charge is 0.191 e. The lowest BCUT2D eigenvalue weighted by Gasteiger charge is -2.28. The molecule has 1 aliphatic heterocycles. The average Bonchev–Trinajstić information content (AvgIpc) is 2.46. The largest absolute Gasteiger partial charge is 0.383 e. The monoisotopic (exact) mass is 313 g/mol. The van der Waals surface area contributed by atoms with Crippen LogP contribution in [0.25, 0.3) is 0 Å². The van der Waals surface area contributed by atoms with E-state index in [1.54, 1.807) is 13.0 Å². The average molecular weight is 314 g/mol. The van der Waals surface area contributed by atoms with Crippen molar-refractivity contribution in [3.8, 4) is 0 Å². The Hall–Kier alpha value is -0.910. The number of halogens is 1. The number of benzene rings is 1. The van der Waals surface area contributed by atoms with E-state index < -0.39 is 5.60 Å². The van der Waals surface area contributed by atoms with Gasteiger partial charge in [0.15, 0.2) is 5.96 Å². The Morgan fingerprint density at radius 3 is 2.75 bits per heavy atom. The molecule has 110 valence electrons. The van der Waals surface area contributed by atoms with Gasteiger partial charge in [0.1, 0.15) is 5.60 Å². The zero-order chi connectivity index (χ0) is 14.6. The van der Waals surface area contributed by atoms with Crippen LogP contribution in [-0.4, -0.2) is 47.1 Å². The Bertz CT molecular complexity index is 487. The number of hydrogen-bond donors (Lipinski definition) is 2. The van der Waals surface area contributed by atoms with Gasteiger partial charge in [-0.25, -0.2) is 4.99 Å². The van der Waals surface area contributed by atoms with Gasteiger partial charge in [0.05, 0.1) is 6.54 Å². The third-order valence-corrected chi connectivity index (χ3v) is 4.61. The predicted octanol–water partition coefficient (Wildman–Crippen LogP) is 1.91. The highest BCUT2D eigenvalue weighted by atomic mass is 35.5. The number of hydrogen-bond acceptors (Lipinski definition) is 3. The van der Waals surface area contributed by atoms with Crippen molar-refractivity contribution in [2.75, 3.05) is 31.1 Å². The molecule has 6 heteroatoms. The number of nitrogens with zero attached hydrogens (tertiary/aromatic N) is 2. The summed E-state index contributed by atoms with van der Waals surface area (Å²) in [5, 5.41) is 11.1. The molecule has 1 aromatic rings. The van der Waals surface area contributed by atoms with Crippen molar-refractivity contribution in [1.82, 2.24) is 4.90 Å². The molecule has 1 aliphatic rings. The normalized spacial score (nSPS) is 19.8. The Labute approximate surface area is 129 Å². The molecular weight excluding hydrogens is 294 g/mol. The molecule has 2 rings (SSSR count). The predicted molar refractivity (Wildman–Crippen MR) is 86.4 cm³/mol. The minimum atomic E-state index is -1.12. The van der Waals surface area contributed by atoms with Gasteiger partial charge in [0, 0.05) is 35.2 Å². The summed E-state index contributed by atoms with van der Waals surface area (Å²) in [5.41, 5.74) is 5.55. The van der Waals surface area contributed by atoms with Crippen LogP contribution in [0, 0.1) is 0 Å². The number of rotatable bonds is 3. The Balaban J connectivity index is 2.06. The van der Waals surface area contributed by atoms with Gasteiger partial charge >= 0.3 is 0 Å². The molecule has 0 amide bonds. The van der Waals surface area contributed by atoms with Crippen molar-refractivity contribution >= 4 is 29.3 Å². The number of thioether (sulfide) groups is 1. The number of aliphatic hydroxyl groups is 1. The highest BCUT2D eigenvalue weighted by Crippen LogP contribution is 2.28. The molecule has 0 spiro atoms. The molecule has 4 nitrogen and oxygen atoms in total. The Kier molecular flexibility index (Phi) is 5.18. The highest BCUT2D eigenvalue weighted by molar-refractivity contribution is 7.99. The van der Waals surface area contributed by atoms with E-state index in [0.29, 0.717) is 16.5 Å². The lowest BCUT2D eigenvalue weighted by molar-refractivity contribution is 0.0672. The van der Waals surface area contributed by atoms with Crippen LogP contribution in [0.5, 0.6) is 0 Å². The zero-order valence-corrected chi connectivity index (χ0v) is 13.1. The fraction of sp³-hybridized carbons (Fsp3) is 0.500. The summed E-state index contributed by atoms with van der Waals surface area (Å²) in [5.74, 6) is 2.63. The van der Waals surface area contributed by atoms with E-state index in [4.69, 9.17) is 17.3 Å². The molecular formula is C14H20ClN3OS. The molecule has 1 saturated heterocycles. The summed E-state index contributed by atoms with van der Waals surface area (Å²) < 4.78 is 0. The Morgan fingerprint density at radius 2 is 2.10 bits per heavy atom. The van der Waals surface area contributed by atoms with E-state index in [0.717, 1.165) is 24.6 Å². The van der Waals surface area contributed by atoms with Gasteiger partial charge in [-0.05, 0) is 13.0 Å². The van der Waals surface area contributed by atoms with Gasteiger partial charge in [-0.15, -0.1) is 0 Å². The first kappa shape index (κ1) is 15.5. The van der Waals surface area contributed by atoms with E-state index in [1.165, 1.54) is 0 Å². The van der Waals surface area contributed by atoms with Crippen LogP contribution >= 0.6 is 23.4 Å². The van der Waals surface area contributed by atoms with Crippen LogP contribution in [0.1, 0.15) is 12.5 Å². The van der Waals surface area contributed by atoms with Gasteiger partial charge in [0.2, 0.25) is 0 Å². The second-order valence-electron chi connectivity index (χ2n) is 5.03. The van der Waals surface area contributed by atoms with Gasteiger partial charge in [-0.1, -0.05) is 29.8 Å².